The molecule has 0 aliphatic carbocycles. The zero-order valence-corrected chi connectivity index (χ0v) is 16.8. The molecule has 31 heavy (non-hydrogen) atoms. The Kier molecular flexibility index (Phi) is 10.4. The van der Waals surface area contributed by atoms with Crippen molar-refractivity contribution in [1.29, 1.82) is 0 Å². The van der Waals surface area contributed by atoms with Crippen molar-refractivity contribution < 1.29 is 57.2 Å². The predicted octanol–water partition coefficient (Wildman–Crippen LogP) is -0.461. The van der Waals surface area contributed by atoms with Crippen LogP contribution in [-0.2, 0) is 57.2 Å². The fourth-order valence-electron chi connectivity index (χ4n) is 1.99. The minimum Gasteiger partial charge on any atom is -0.463 e. The van der Waals surface area contributed by atoms with Gasteiger partial charge in [-0.1, -0.05) is 13.2 Å². The lowest BCUT2D eigenvalue weighted by Crippen LogP contribution is -2.26. The summed E-state index contributed by atoms with van der Waals surface area (Å²) in [5.41, 5.74) is 0.188. The Hall–Kier alpha value is -3.70. The van der Waals surface area contributed by atoms with Gasteiger partial charge in [-0.05, 0) is 6.92 Å². The van der Waals surface area contributed by atoms with E-state index >= 15 is 0 Å². The van der Waals surface area contributed by atoms with Gasteiger partial charge in [0, 0.05) is 24.5 Å². The van der Waals surface area contributed by atoms with Gasteiger partial charge in [0.2, 0.25) is 12.2 Å². The van der Waals surface area contributed by atoms with Crippen LogP contribution in [0.1, 0.15) is 19.8 Å². The maximum Gasteiger partial charge on any atom is 0.347 e. The van der Waals surface area contributed by atoms with Crippen LogP contribution in [0.15, 0.2) is 24.8 Å². The summed E-state index contributed by atoms with van der Waals surface area (Å²) in [7, 11) is 0. The number of carbonyl (C=O) groups is 6. The van der Waals surface area contributed by atoms with Gasteiger partial charge in [0.25, 0.3) is 0 Å². The average molecular weight is 442 g/mol. The topological polar surface area (TPSA) is 158 Å². The molecular weight excluding hydrogens is 420 g/mol. The van der Waals surface area contributed by atoms with E-state index in [4.69, 9.17) is 9.47 Å². The molecule has 2 aliphatic heterocycles. The minimum absolute atomic E-state index is 0.188. The Morgan fingerprint density at radius 2 is 1.39 bits per heavy atom. The summed E-state index contributed by atoms with van der Waals surface area (Å²) in [4.78, 5) is 65.5. The summed E-state index contributed by atoms with van der Waals surface area (Å²) < 4.78 is 27.6. The quantitative estimate of drug-likeness (QED) is 0.271. The van der Waals surface area contributed by atoms with Crippen molar-refractivity contribution in [3.05, 3.63) is 24.8 Å². The van der Waals surface area contributed by atoms with Crippen LogP contribution in [0, 0.1) is 0 Å². The van der Waals surface area contributed by atoms with Crippen molar-refractivity contribution >= 4 is 35.8 Å². The van der Waals surface area contributed by atoms with Crippen LogP contribution >= 0.6 is 0 Å². The summed E-state index contributed by atoms with van der Waals surface area (Å²) in [6.45, 7) is 7.37. The van der Waals surface area contributed by atoms with Crippen molar-refractivity contribution in [3.8, 4) is 0 Å². The molecule has 0 amide bonds. The number of hydrogen-bond donors (Lipinski definition) is 0. The Morgan fingerprint density at radius 3 is 1.74 bits per heavy atom. The first-order valence-corrected chi connectivity index (χ1v) is 8.98. The molecule has 2 aliphatic rings. The number of cyclic esters (lactones) is 2. The fourth-order valence-corrected chi connectivity index (χ4v) is 1.99. The molecule has 2 unspecified atom stereocenters. The van der Waals surface area contributed by atoms with Crippen LogP contribution < -0.4 is 0 Å². The molecule has 0 N–H and O–H groups in total. The van der Waals surface area contributed by atoms with E-state index in [1.54, 1.807) is 0 Å². The van der Waals surface area contributed by atoms with Gasteiger partial charge >= 0.3 is 35.8 Å². The normalized spacial score (nSPS) is 19.0. The molecule has 0 aromatic rings. The van der Waals surface area contributed by atoms with E-state index in [0.29, 0.717) is 12.8 Å². The van der Waals surface area contributed by atoms with Crippen molar-refractivity contribution in [2.24, 2.45) is 0 Å². The monoisotopic (exact) mass is 442 g/mol. The molecule has 0 bridgehead atoms. The maximum atomic E-state index is 11.1. The standard InChI is InChI=1S/C10H12O6.C9H10O6/c1-6(2)9(12)15-5-8(11)16-7-3-4-14-10(7)13;1-2-7(10)14-5-8(11)15-6-3-4-13-9(6)12/h7H,1,3-5H2,2H3;2,6H,1,3-5H2. The van der Waals surface area contributed by atoms with Gasteiger partial charge in [-0.15, -0.1) is 0 Å². The number of ether oxygens (including phenoxy) is 6. The van der Waals surface area contributed by atoms with E-state index in [9.17, 15) is 28.8 Å². The lowest BCUT2D eigenvalue weighted by Gasteiger charge is -2.08. The van der Waals surface area contributed by atoms with E-state index in [2.05, 4.69) is 32.1 Å². The Labute approximate surface area is 177 Å². The third kappa shape index (κ3) is 9.56. The third-order valence-corrected chi connectivity index (χ3v) is 3.49. The van der Waals surface area contributed by atoms with Crippen LogP contribution in [0.25, 0.3) is 0 Å². The highest BCUT2D eigenvalue weighted by Gasteiger charge is 2.31. The first-order valence-electron chi connectivity index (χ1n) is 8.98. The van der Waals surface area contributed by atoms with Crippen molar-refractivity contribution in [1.82, 2.24) is 0 Å². The molecule has 2 fully saturated rings. The van der Waals surface area contributed by atoms with Gasteiger partial charge in [-0.2, -0.15) is 0 Å². The van der Waals surface area contributed by atoms with Crippen LogP contribution in [0.3, 0.4) is 0 Å². The van der Waals surface area contributed by atoms with Gasteiger partial charge in [0.1, 0.15) is 0 Å². The van der Waals surface area contributed by atoms with E-state index in [1.807, 2.05) is 0 Å². The molecular formula is C19H22O12. The van der Waals surface area contributed by atoms with Gasteiger partial charge in [-0.25, -0.2) is 28.8 Å². The molecule has 12 nitrogen and oxygen atoms in total. The Balaban J connectivity index is 0.000000311. The second kappa shape index (κ2) is 12.8. The number of esters is 6. The molecule has 170 valence electrons. The summed E-state index contributed by atoms with van der Waals surface area (Å²) >= 11 is 0. The van der Waals surface area contributed by atoms with Crippen molar-refractivity contribution in [2.75, 3.05) is 26.4 Å². The summed E-state index contributed by atoms with van der Waals surface area (Å²) in [6, 6.07) is 0. The largest absolute Gasteiger partial charge is 0.463 e. The molecule has 0 spiro atoms. The highest BCUT2D eigenvalue weighted by Crippen LogP contribution is 2.11. The van der Waals surface area contributed by atoms with Crippen LogP contribution in [0.4, 0.5) is 0 Å². The van der Waals surface area contributed by atoms with Crippen LogP contribution in [0.5, 0.6) is 0 Å². The second-order valence-corrected chi connectivity index (χ2v) is 6.04. The molecule has 2 saturated heterocycles. The molecule has 2 atom stereocenters. The highest BCUT2D eigenvalue weighted by molar-refractivity contribution is 5.89. The van der Waals surface area contributed by atoms with E-state index in [1.165, 1.54) is 6.92 Å². The minimum atomic E-state index is -0.879. The molecule has 2 rings (SSSR count). The number of hydrogen-bond acceptors (Lipinski definition) is 12. The van der Waals surface area contributed by atoms with Crippen molar-refractivity contribution in [3.63, 3.8) is 0 Å². The molecule has 12 heteroatoms. The summed E-state index contributed by atoms with van der Waals surface area (Å²) in [5.74, 6) is -4.10. The van der Waals surface area contributed by atoms with Crippen LogP contribution in [0.2, 0.25) is 0 Å². The number of rotatable bonds is 8. The van der Waals surface area contributed by atoms with Gasteiger partial charge in [0.05, 0.1) is 13.2 Å². The van der Waals surface area contributed by atoms with E-state index in [-0.39, 0.29) is 18.8 Å². The molecule has 0 radical (unpaired) electrons. The molecule has 2 heterocycles. The summed E-state index contributed by atoms with van der Waals surface area (Å²) in [6.07, 6.45) is -0.160. The van der Waals surface area contributed by atoms with Crippen LogP contribution in [-0.4, -0.2) is 74.5 Å². The summed E-state index contributed by atoms with van der Waals surface area (Å²) in [5, 5.41) is 0. The van der Waals surface area contributed by atoms with Gasteiger partial charge < -0.3 is 28.4 Å². The zero-order valence-electron chi connectivity index (χ0n) is 16.8. The first kappa shape index (κ1) is 25.3. The number of carbonyl (C=O) groups excluding carboxylic acids is 6. The van der Waals surface area contributed by atoms with Gasteiger partial charge in [-0.3, -0.25) is 0 Å². The van der Waals surface area contributed by atoms with E-state index < -0.39 is 61.2 Å². The average Bonchev–Trinajstić information content (AvgIpc) is 3.32. The zero-order chi connectivity index (χ0) is 23.4. The maximum absolute atomic E-state index is 11.1. The first-order chi connectivity index (χ1) is 14.6. The lowest BCUT2D eigenvalue weighted by molar-refractivity contribution is -0.166. The van der Waals surface area contributed by atoms with Crippen molar-refractivity contribution in [2.45, 2.75) is 32.0 Å². The van der Waals surface area contributed by atoms with E-state index in [0.717, 1.165) is 6.08 Å². The third-order valence-electron chi connectivity index (χ3n) is 3.49. The molecule has 0 aromatic heterocycles. The molecule has 0 aromatic carbocycles. The lowest BCUT2D eigenvalue weighted by atomic mass is 10.3. The fraction of sp³-hybridized carbons (Fsp3) is 0.474. The smallest absolute Gasteiger partial charge is 0.347 e. The molecule has 0 saturated carbocycles. The SMILES string of the molecule is C=C(C)C(=O)OCC(=O)OC1CCOC1=O.C=CC(=O)OCC(=O)OC1CCOC1=O. The highest BCUT2D eigenvalue weighted by atomic mass is 16.6. The Morgan fingerprint density at radius 1 is 0.935 bits per heavy atom. The predicted molar refractivity (Wildman–Crippen MR) is 97.8 cm³/mol. The van der Waals surface area contributed by atoms with Gasteiger partial charge in [0.15, 0.2) is 13.2 Å². The second-order valence-electron chi connectivity index (χ2n) is 6.04. The Bertz CT molecular complexity index is 753.